The number of hydrogen-bond acceptors (Lipinski definition) is 2. The highest BCUT2D eigenvalue weighted by atomic mass is 16.5. The van der Waals surface area contributed by atoms with Gasteiger partial charge in [-0.15, -0.1) is 0 Å². The zero-order valence-corrected chi connectivity index (χ0v) is 11.2. The lowest BCUT2D eigenvalue weighted by Gasteiger charge is -2.05. The molecule has 96 valence electrons. The summed E-state index contributed by atoms with van der Waals surface area (Å²) in [6, 6.07) is 3.96. The maximum atomic E-state index is 11.2. The normalized spacial score (nSPS) is 10.9. The van der Waals surface area contributed by atoms with Crippen LogP contribution < -0.4 is 10.5 Å². The van der Waals surface area contributed by atoms with E-state index in [1.807, 2.05) is 33.0 Å². The third-order valence-electron chi connectivity index (χ3n) is 3.46. The minimum absolute atomic E-state index is 0.260. The topological polar surface area (TPSA) is 57.2 Å². The molecular formula is C14H18N2O2. The van der Waals surface area contributed by atoms with E-state index in [0.717, 1.165) is 33.5 Å². The molecule has 0 saturated heterocycles. The minimum atomic E-state index is -0.314. The fraction of sp³-hybridized carbons (Fsp3) is 0.357. The first-order valence-electron chi connectivity index (χ1n) is 5.86. The number of aryl methyl sites for hydroxylation is 2. The molecule has 0 spiro atoms. The SMILES string of the molecule is COc1cc(C)c2c(c1)c(CC(N)=O)c(C)n2C. The Morgan fingerprint density at radius 3 is 2.61 bits per heavy atom. The molecule has 0 bridgehead atoms. The van der Waals surface area contributed by atoms with Crippen molar-refractivity contribution in [1.29, 1.82) is 0 Å². The number of fused-ring (bicyclic) bond motifs is 1. The highest BCUT2D eigenvalue weighted by molar-refractivity contribution is 5.93. The van der Waals surface area contributed by atoms with Gasteiger partial charge in [-0.3, -0.25) is 4.79 Å². The second kappa shape index (κ2) is 4.37. The Balaban J connectivity index is 2.80. The number of primary amides is 1. The smallest absolute Gasteiger partial charge is 0.221 e. The molecule has 0 unspecified atom stereocenters. The van der Waals surface area contributed by atoms with Crippen LogP contribution in [0.15, 0.2) is 12.1 Å². The molecule has 4 heteroatoms. The Kier molecular flexibility index (Phi) is 3.03. The summed E-state index contributed by atoms with van der Waals surface area (Å²) in [5.41, 5.74) is 9.64. The van der Waals surface area contributed by atoms with E-state index in [2.05, 4.69) is 4.57 Å². The zero-order valence-electron chi connectivity index (χ0n) is 11.2. The van der Waals surface area contributed by atoms with Gasteiger partial charge in [0.15, 0.2) is 0 Å². The number of carbonyl (C=O) groups excluding carboxylic acids is 1. The van der Waals surface area contributed by atoms with Crippen molar-refractivity contribution in [2.75, 3.05) is 7.11 Å². The van der Waals surface area contributed by atoms with Crippen LogP contribution >= 0.6 is 0 Å². The van der Waals surface area contributed by atoms with E-state index in [9.17, 15) is 4.79 Å². The lowest BCUT2D eigenvalue weighted by molar-refractivity contribution is -0.117. The van der Waals surface area contributed by atoms with E-state index < -0.39 is 0 Å². The molecule has 4 nitrogen and oxygen atoms in total. The van der Waals surface area contributed by atoms with Crippen LogP contribution in [-0.2, 0) is 18.3 Å². The van der Waals surface area contributed by atoms with Crippen LogP contribution in [0.4, 0.5) is 0 Å². The van der Waals surface area contributed by atoms with Gasteiger partial charge in [0.2, 0.25) is 5.91 Å². The van der Waals surface area contributed by atoms with Gasteiger partial charge in [0, 0.05) is 18.1 Å². The Morgan fingerprint density at radius 1 is 1.39 bits per heavy atom. The maximum absolute atomic E-state index is 11.2. The van der Waals surface area contributed by atoms with Gasteiger partial charge in [-0.2, -0.15) is 0 Å². The number of methoxy groups -OCH3 is 1. The van der Waals surface area contributed by atoms with Crippen molar-refractivity contribution in [3.63, 3.8) is 0 Å². The van der Waals surface area contributed by atoms with Crippen LogP contribution in [0, 0.1) is 13.8 Å². The monoisotopic (exact) mass is 246 g/mol. The molecule has 0 aliphatic heterocycles. The number of ether oxygens (including phenoxy) is 1. The number of rotatable bonds is 3. The van der Waals surface area contributed by atoms with Crippen LogP contribution in [0.2, 0.25) is 0 Å². The third-order valence-corrected chi connectivity index (χ3v) is 3.46. The van der Waals surface area contributed by atoms with Crippen molar-refractivity contribution < 1.29 is 9.53 Å². The van der Waals surface area contributed by atoms with E-state index in [1.165, 1.54) is 0 Å². The van der Waals surface area contributed by atoms with Gasteiger partial charge in [0.1, 0.15) is 5.75 Å². The van der Waals surface area contributed by atoms with Crippen LogP contribution in [-0.4, -0.2) is 17.6 Å². The molecule has 0 radical (unpaired) electrons. The van der Waals surface area contributed by atoms with Crippen LogP contribution in [0.3, 0.4) is 0 Å². The summed E-state index contributed by atoms with van der Waals surface area (Å²) < 4.78 is 7.39. The average molecular weight is 246 g/mol. The fourth-order valence-electron chi connectivity index (χ4n) is 2.50. The van der Waals surface area contributed by atoms with E-state index in [4.69, 9.17) is 10.5 Å². The highest BCUT2D eigenvalue weighted by Gasteiger charge is 2.16. The molecule has 1 aromatic heterocycles. The second-order valence-corrected chi connectivity index (χ2v) is 4.61. The fourth-order valence-corrected chi connectivity index (χ4v) is 2.50. The van der Waals surface area contributed by atoms with Crippen molar-refractivity contribution in [2.24, 2.45) is 12.8 Å². The van der Waals surface area contributed by atoms with Gasteiger partial charge in [0.05, 0.1) is 19.0 Å². The molecule has 0 saturated carbocycles. The van der Waals surface area contributed by atoms with E-state index in [-0.39, 0.29) is 12.3 Å². The quantitative estimate of drug-likeness (QED) is 0.898. The highest BCUT2D eigenvalue weighted by Crippen LogP contribution is 2.31. The molecule has 1 heterocycles. The number of benzene rings is 1. The lowest BCUT2D eigenvalue weighted by atomic mass is 10.1. The van der Waals surface area contributed by atoms with E-state index >= 15 is 0 Å². The van der Waals surface area contributed by atoms with Gasteiger partial charge < -0.3 is 15.0 Å². The molecular weight excluding hydrogens is 228 g/mol. The number of aromatic nitrogens is 1. The van der Waals surface area contributed by atoms with Gasteiger partial charge in [0.25, 0.3) is 0 Å². The molecule has 2 aromatic rings. The standard InChI is InChI=1S/C14H18N2O2/c1-8-5-10(18-4)6-12-11(7-13(15)17)9(2)16(3)14(8)12/h5-6H,7H2,1-4H3,(H2,15,17). The minimum Gasteiger partial charge on any atom is -0.497 e. The Bertz CT molecular complexity index is 626. The average Bonchev–Trinajstić information content (AvgIpc) is 2.54. The zero-order chi connectivity index (χ0) is 13.4. The van der Waals surface area contributed by atoms with E-state index in [0.29, 0.717) is 0 Å². The Labute approximate surface area is 106 Å². The summed E-state index contributed by atoms with van der Waals surface area (Å²) >= 11 is 0. The Hall–Kier alpha value is -1.97. The molecule has 0 atom stereocenters. The van der Waals surface area contributed by atoms with Crippen molar-refractivity contribution in [3.05, 3.63) is 29.0 Å². The summed E-state index contributed by atoms with van der Waals surface area (Å²) in [4.78, 5) is 11.2. The first kappa shape index (κ1) is 12.5. The molecule has 2 rings (SSSR count). The maximum Gasteiger partial charge on any atom is 0.221 e. The van der Waals surface area contributed by atoms with Crippen molar-refractivity contribution >= 4 is 16.8 Å². The molecule has 0 aliphatic carbocycles. The first-order valence-corrected chi connectivity index (χ1v) is 5.86. The molecule has 1 amide bonds. The summed E-state index contributed by atoms with van der Waals surface area (Å²) in [6.45, 7) is 4.04. The number of nitrogens with zero attached hydrogens (tertiary/aromatic N) is 1. The third kappa shape index (κ3) is 1.83. The number of nitrogens with two attached hydrogens (primary N) is 1. The number of amides is 1. The number of carbonyl (C=O) groups is 1. The van der Waals surface area contributed by atoms with Gasteiger partial charge in [-0.05, 0) is 37.1 Å². The summed E-state index contributed by atoms with van der Waals surface area (Å²) in [7, 11) is 3.64. The predicted octanol–water partition coefficient (Wildman–Crippen LogP) is 1.83. The molecule has 2 N–H and O–H groups in total. The number of hydrogen-bond donors (Lipinski definition) is 1. The van der Waals surface area contributed by atoms with Gasteiger partial charge in [-0.25, -0.2) is 0 Å². The van der Waals surface area contributed by atoms with Crippen LogP contribution in [0.5, 0.6) is 5.75 Å². The summed E-state index contributed by atoms with van der Waals surface area (Å²) in [5.74, 6) is 0.488. The van der Waals surface area contributed by atoms with Gasteiger partial charge in [-0.1, -0.05) is 0 Å². The Morgan fingerprint density at radius 2 is 2.06 bits per heavy atom. The van der Waals surface area contributed by atoms with Crippen molar-refractivity contribution in [2.45, 2.75) is 20.3 Å². The van der Waals surface area contributed by atoms with Gasteiger partial charge >= 0.3 is 0 Å². The second-order valence-electron chi connectivity index (χ2n) is 4.61. The molecule has 1 aromatic carbocycles. The molecule has 0 aliphatic rings. The largest absolute Gasteiger partial charge is 0.497 e. The van der Waals surface area contributed by atoms with Crippen molar-refractivity contribution in [3.8, 4) is 5.75 Å². The lowest BCUT2D eigenvalue weighted by Crippen LogP contribution is -2.14. The van der Waals surface area contributed by atoms with E-state index in [1.54, 1.807) is 7.11 Å². The summed E-state index contributed by atoms with van der Waals surface area (Å²) in [6.07, 6.45) is 0.260. The predicted molar refractivity (Wildman–Crippen MR) is 71.8 cm³/mol. The first-order chi connectivity index (χ1) is 8.45. The van der Waals surface area contributed by atoms with Crippen LogP contribution in [0.25, 0.3) is 10.9 Å². The summed E-state index contributed by atoms with van der Waals surface area (Å²) in [5, 5.41) is 1.05. The van der Waals surface area contributed by atoms with Crippen LogP contribution in [0.1, 0.15) is 16.8 Å². The molecule has 0 fully saturated rings. The van der Waals surface area contributed by atoms with Crippen molar-refractivity contribution in [1.82, 2.24) is 4.57 Å². The molecule has 18 heavy (non-hydrogen) atoms.